The molecule has 3 aromatic rings. The fraction of sp³-hybridized carbons (Fsp3) is 0. The molecule has 0 fully saturated rings. The molecule has 0 N–H and O–H groups in total. The van der Waals surface area contributed by atoms with Gasteiger partial charge in [0.25, 0.3) is 0 Å². The monoisotopic (exact) mass is 545 g/mol. The number of halogens is 2. The molecule has 0 saturated heterocycles. The Kier molecular flexibility index (Phi) is 6.29. The zero-order valence-corrected chi connectivity index (χ0v) is 20.6. The molecular formula is C29H5F2N11. The molecule has 0 unspecified atom stereocenters. The Balaban J connectivity index is 2.02. The van der Waals surface area contributed by atoms with Gasteiger partial charge in [-0.2, -0.15) is 45.6 Å². The molecule has 0 aliphatic heterocycles. The molecule has 2 aliphatic carbocycles. The number of nitrogens with zero attached hydrogens (tertiary/aromatic N) is 11. The van der Waals surface area contributed by atoms with E-state index in [-0.39, 0.29) is 72.4 Å². The van der Waals surface area contributed by atoms with Crippen LogP contribution in [-0.4, -0.2) is 19.9 Å². The maximum atomic E-state index is 13.6. The minimum absolute atomic E-state index is 0.0340. The van der Waals surface area contributed by atoms with Crippen molar-refractivity contribution in [3.8, 4) is 42.5 Å². The number of allylic oxidation sites excluding steroid dienone is 8. The molecular weight excluding hydrogens is 540 g/mol. The number of rotatable bonds is 2. The quantitative estimate of drug-likeness (QED) is 0.332. The highest BCUT2D eigenvalue weighted by molar-refractivity contribution is 6.30. The Labute approximate surface area is 234 Å². The van der Waals surface area contributed by atoms with Crippen molar-refractivity contribution in [2.75, 3.05) is 0 Å². The van der Waals surface area contributed by atoms with E-state index < -0.39 is 23.3 Å². The Morgan fingerprint density at radius 2 is 1.00 bits per heavy atom. The molecule has 5 rings (SSSR count). The number of benzene rings is 1. The first kappa shape index (κ1) is 26.2. The molecule has 2 aromatic heterocycles. The summed E-state index contributed by atoms with van der Waals surface area (Å²) in [5.74, 6) is 0. The van der Waals surface area contributed by atoms with E-state index in [0.29, 0.717) is 0 Å². The smallest absolute Gasteiger partial charge is 0.210 e. The second-order valence-electron chi connectivity index (χ2n) is 8.36. The highest BCUT2D eigenvalue weighted by Crippen LogP contribution is 2.55. The van der Waals surface area contributed by atoms with Crippen LogP contribution in [0.5, 0.6) is 0 Å². The zero-order chi connectivity index (χ0) is 30.1. The summed E-state index contributed by atoms with van der Waals surface area (Å²) in [6.45, 7) is 0. The molecule has 190 valence electrons. The first-order valence-electron chi connectivity index (χ1n) is 11.4. The lowest BCUT2D eigenvalue weighted by atomic mass is 9.86. The van der Waals surface area contributed by atoms with Crippen LogP contribution in [0.3, 0.4) is 0 Å². The molecule has 2 heterocycles. The van der Waals surface area contributed by atoms with E-state index in [2.05, 4.69) is 19.9 Å². The van der Waals surface area contributed by atoms with Crippen LogP contribution >= 0.6 is 0 Å². The van der Waals surface area contributed by atoms with E-state index in [0.717, 1.165) is 24.8 Å². The summed E-state index contributed by atoms with van der Waals surface area (Å²) in [6, 6.07) is 14.3. The number of nitriles is 7. The van der Waals surface area contributed by atoms with Crippen LogP contribution < -0.4 is 0 Å². The van der Waals surface area contributed by atoms with Crippen molar-refractivity contribution in [1.29, 1.82) is 36.8 Å². The van der Waals surface area contributed by atoms with Gasteiger partial charge in [-0.1, -0.05) is 0 Å². The second-order valence-corrected chi connectivity index (χ2v) is 8.36. The SMILES string of the molecule is N#CC(C#N)=C1C(c2cnc(F)nc2)=C(C#N)c2c1cc1c(c2C#N)C(=C(C#N)C#N)C(c2cnc(F)nc2)=C1C#N. The van der Waals surface area contributed by atoms with Gasteiger partial charge in [-0.3, -0.25) is 0 Å². The molecule has 42 heavy (non-hydrogen) atoms. The molecule has 0 bridgehead atoms. The first-order chi connectivity index (χ1) is 20.4. The van der Waals surface area contributed by atoms with Crippen LogP contribution in [0.2, 0.25) is 0 Å². The average molecular weight is 545 g/mol. The standard InChI is InChI=1S/C29H5F2N11/c30-28-39-9-15(10-40-28)23-19(6-36)17-1-18-22(13(2-32)3-33)24(16-11-41-29(31)42-12-16)20(7-37)26(18)21(8-38)27(17)25(23)14(4-34)5-35/h1,9-12H. The molecule has 0 spiro atoms. The number of hydrogen-bond donors (Lipinski definition) is 0. The summed E-state index contributed by atoms with van der Waals surface area (Å²) >= 11 is 0. The lowest BCUT2D eigenvalue weighted by Gasteiger charge is -2.13. The summed E-state index contributed by atoms with van der Waals surface area (Å²) < 4.78 is 27.1. The van der Waals surface area contributed by atoms with Crippen molar-refractivity contribution < 1.29 is 8.78 Å². The normalized spacial score (nSPS) is 12.5. The van der Waals surface area contributed by atoms with E-state index >= 15 is 0 Å². The van der Waals surface area contributed by atoms with Gasteiger partial charge < -0.3 is 0 Å². The lowest BCUT2D eigenvalue weighted by molar-refractivity contribution is 0.537. The topological polar surface area (TPSA) is 218 Å². The van der Waals surface area contributed by atoms with Crippen molar-refractivity contribution in [2.45, 2.75) is 0 Å². The van der Waals surface area contributed by atoms with Crippen molar-refractivity contribution >= 4 is 33.4 Å². The number of fused-ring (bicyclic) bond motifs is 2. The van der Waals surface area contributed by atoms with E-state index in [1.807, 2.05) is 18.2 Å². The summed E-state index contributed by atoms with van der Waals surface area (Å²) in [7, 11) is 0. The molecule has 0 saturated carbocycles. The van der Waals surface area contributed by atoms with Crippen LogP contribution in [0.25, 0.3) is 33.4 Å². The highest BCUT2D eigenvalue weighted by Gasteiger charge is 2.40. The molecule has 2 aliphatic rings. The van der Waals surface area contributed by atoms with Gasteiger partial charge in [0.1, 0.15) is 53.6 Å². The Bertz CT molecular complexity index is 2170. The zero-order valence-electron chi connectivity index (χ0n) is 20.6. The summed E-state index contributed by atoms with van der Waals surface area (Å²) in [6.07, 6.45) is 1.99. The second kappa shape index (κ2) is 10.1. The van der Waals surface area contributed by atoms with Crippen molar-refractivity contribution in [3.63, 3.8) is 0 Å². The van der Waals surface area contributed by atoms with Gasteiger partial charge in [0.2, 0.25) is 0 Å². The summed E-state index contributed by atoms with van der Waals surface area (Å²) in [5.41, 5.74) is -1.83. The fourth-order valence-electron chi connectivity index (χ4n) is 4.95. The van der Waals surface area contributed by atoms with Gasteiger partial charge in [-0.15, -0.1) is 0 Å². The van der Waals surface area contributed by atoms with Gasteiger partial charge >= 0.3 is 12.2 Å². The summed E-state index contributed by atoms with van der Waals surface area (Å²) in [4.78, 5) is 14.0. The van der Waals surface area contributed by atoms with Gasteiger partial charge in [0.05, 0.1) is 16.7 Å². The summed E-state index contributed by atoms with van der Waals surface area (Å²) in [5, 5.41) is 70.3. The van der Waals surface area contributed by atoms with E-state index in [1.54, 1.807) is 24.3 Å². The molecule has 13 heteroatoms. The van der Waals surface area contributed by atoms with E-state index in [4.69, 9.17) is 0 Å². The molecule has 0 amide bonds. The predicted molar refractivity (Wildman–Crippen MR) is 136 cm³/mol. The van der Waals surface area contributed by atoms with Crippen molar-refractivity contribution in [1.82, 2.24) is 19.9 Å². The largest absolute Gasteiger partial charge is 0.308 e. The van der Waals surface area contributed by atoms with Crippen LogP contribution in [0.4, 0.5) is 8.78 Å². The third kappa shape index (κ3) is 3.65. The third-order valence-corrected chi connectivity index (χ3v) is 6.47. The molecule has 11 nitrogen and oxygen atoms in total. The fourth-order valence-corrected chi connectivity index (χ4v) is 4.95. The average Bonchev–Trinajstić information content (AvgIpc) is 3.51. The van der Waals surface area contributed by atoms with Gasteiger partial charge in [0, 0.05) is 74.9 Å². The third-order valence-electron chi connectivity index (χ3n) is 6.47. The number of hydrogen-bond acceptors (Lipinski definition) is 11. The van der Waals surface area contributed by atoms with Gasteiger partial charge in [-0.25, -0.2) is 19.9 Å². The predicted octanol–water partition coefficient (Wildman–Crippen LogP) is 3.91. The van der Waals surface area contributed by atoms with E-state index in [1.165, 1.54) is 6.07 Å². The van der Waals surface area contributed by atoms with Crippen molar-refractivity contribution in [2.24, 2.45) is 0 Å². The van der Waals surface area contributed by atoms with E-state index in [9.17, 15) is 45.6 Å². The van der Waals surface area contributed by atoms with Gasteiger partial charge in [0.15, 0.2) is 0 Å². The van der Waals surface area contributed by atoms with Crippen molar-refractivity contribution in [3.05, 3.63) is 93.1 Å². The molecule has 0 atom stereocenters. The minimum Gasteiger partial charge on any atom is -0.210 e. The van der Waals surface area contributed by atoms with Crippen LogP contribution in [0.1, 0.15) is 38.9 Å². The number of aromatic nitrogens is 4. The Morgan fingerprint density at radius 1 is 0.548 bits per heavy atom. The Morgan fingerprint density at radius 3 is 1.43 bits per heavy atom. The lowest BCUT2D eigenvalue weighted by Crippen LogP contribution is -2.01. The molecule has 1 aromatic carbocycles. The maximum Gasteiger partial charge on any atom is 0.308 e. The first-order valence-corrected chi connectivity index (χ1v) is 11.4. The molecule has 0 radical (unpaired) electrons. The maximum absolute atomic E-state index is 13.6. The van der Waals surface area contributed by atoms with Crippen LogP contribution in [-0.2, 0) is 0 Å². The van der Waals surface area contributed by atoms with Crippen LogP contribution in [0, 0.1) is 91.5 Å². The minimum atomic E-state index is -1.08. The Hall–Kier alpha value is -7.37. The van der Waals surface area contributed by atoms with Crippen LogP contribution in [0.15, 0.2) is 42.0 Å². The van der Waals surface area contributed by atoms with Gasteiger partial charge in [-0.05, 0) is 11.6 Å². The highest BCUT2D eigenvalue weighted by atomic mass is 19.1.